The van der Waals surface area contributed by atoms with Crippen molar-refractivity contribution in [1.82, 2.24) is 20.3 Å². The molecule has 4 aromatic rings. The van der Waals surface area contributed by atoms with Gasteiger partial charge in [-0.15, -0.1) is 0 Å². The van der Waals surface area contributed by atoms with Crippen molar-refractivity contribution in [3.05, 3.63) is 82.2 Å². The molecule has 3 aromatic heterocycles. The Balaban J connectivity index is 1.56. The fraction of sp³-hybridized carbons (Fsp3) is 0.190. The quantitative estimate of drug-likeness (QED) is 0.566. The van der Waals surface area contributed by atoms with Crippen LogP contribution in [0.25, 0.3) is 22.4 Å². The zero-order valence-corrected chi connectivity index (χ0v) is 15.2. The van der Waals surface area contributed by atoms with Gasteiger partial charge in [0.25, 0.3) is 5.56 Å². The number of aryl methyl sites for hydroxylation is 1. The predicted molar refractivity (Wildman–Crippen MR) is 104 cm³/mol. The molecule has 0 bridgehead atoms. The van der Waals surface area contributed by atoms with Crippen LogP contribution in [0.4, 0.5) is 0 Å². The lowest BCUT2D eigenvalue weighted by Crippen LogP contribution is -2.22. The molecule has 0 amide bonds. The zero-order chi connectivity index (χ0) is 18.8. The zero-order valence-electron chi connectivity index (χ0n) is 15.2. The van der Waals surface area contributed by atoms with Gasteiger partial charge < -0.3 is 14.7 Å². The molecule has 0 spiro atoms. The molecule has 1 aromatic carbocycles. The molecule has 27 heavy (non-hydrogen) atoms. The molecule has 0 unspecified atom stereocenters. The Morgan fingerprint density at radius 1 is 1.19 bits per heavy atom. The number of furan rings is 1. The number of rotatable bonds is 5. The van der Waals surface area contributed by atoms with Crippen molar-refractivity contribution in [3.63, 3.8) is 0 Å². The largest absolute Gasteiger partial charge is 0.459 e. The van der Waals surface area contributed by atoms with Crippen LogP contribution in [-0.2, 0) is 6.54 Å². The van der Waals surface area contributed by atoms with E-state index in [1.165, 1.54) is 6.07 Å². The van der Waals surface area contributed by atoms with Gasteiger partial charge in [0.05, 0.1) is 12.2 Å². The highest BCUT2D eigenvalue weighted by atomic mass is 16.3. The molecular weight excluding hydrogens is 340 g/mol. The summed E-state index contributed by atoms with van der Waals surface area (Å²) in [6, 6.07) is 13.0. The molecule has 0 fully saturated rings. The van der Waals surface area contributed by atoms with E-state index in [1.54, 1.807) is 12.4 Å². The molecule has 0 saturated carbocycles. The average molecular weight is 360 g/mol. The number of aromatic amines is 1. The van der Waals surface area contributed by atoms with Crippen molar-refractivity contribution < 1.29 is 4.42 Å². The van der Waals surface area contributed by atoms with Crippen molar-refractivity contribution in [2.24, 2.45) is 0 Å². The molecule has 3 heterocycles. The van der Waals surface area contributed by atoms with E-state index in [-0.39, 0.29) is 11.6 Å². The van der Waals surface area contributed by atoms with Gasteiger partial charge in [-0.1, -0.05) is 18.2 Å². The Hall–Kier alpha value is -3.25. The summed E-state index contributed by atoms with van der Waals surface area (Å²) in [5.74, 6) is 1.43. The average Bonchev–Trinajstić information content (AvgIpc) is 3.02. The summed E-state index contributed by atoms with van der Waals surface area (Å²) in [5, 5.41) is 4.52. The van der Waals surface area contributed by atoms with Crippen LogP contribution in [0.1, 0.15) is 30.0 Å². The van der Waals surface area contributed by atoms with Crippen LogP contribution < -0.4 is 10.9 Å². The first-order chi connectivity index (χ1) is 13.1. The summed E-state index contributed by atoms with van der Waals surface area (Å²) in [5.41, 5.74) is 3.33. The van der Waals surface area contributed by atoms with Gasteiger partial charge in [0.2, 0.25) is 0 Å². The summed E-state index contributed by atoms with van der Waals surface area (Å²) < 4.78 is 5.94. The maximum atomic E-state index is 12.1. The van der Waals surface area contributed by atoms with Gasteiger partial charge in [0.15, 0.2) is 0 Å². The van der Waals surface area contributed by atoms with Crippen LogP contribution >= 0.6 is 0 Å². The summed E-state index contributed by atoms with van der Waals surface area (Å²) in [4.78, 5) is 23.5. The molecule has 4 rings (SSSR count). The number of hydrogen-bond donors (Lipinski definition) is 2. The number of benzene rings is 1. The molecule has 0 saturated heterocycles. The van der Waals surface area contributed by atoms with Crippen molar-refractivity contribution in [1.29, 1.82) is 0 Å². The maximum Gasteiger partial charge on any atom is 0.251 e. The molecule has 6 heteroatoms. The molecule has 136 valence electrons. The third-order valence-electron chi connectivity index (χ3n) is 4.67. The van der Waals surface area contributed by atoms with Gasteiger partial charge in [-0.3, -0.25) is 9.78 Å². The van der Waals surface area contributed by atoms with Gasteiger partial charge in [0, 0.05) is 35.5 Å². The minimum Gasteiger partial charge on any atom is -0.459 e. The smallest absolute Gasteiger partial charge is 0.251 e. The van der Waals surface area contributed by atoms with Crippen LogP contribution in [0.3, 0.4) is 0 Å². The second kappa shape index (κ2) is 7.17. The van der Waals surface area contributed by atoms with E-state index >= 15 is 0 Å². The molecular formula is C21H20N4O2. The Bertz CT molecular complexity index is 1130. The fourth-order valence-electron chi connectivity index (χ4n) is 3.09. The third kappa shape index (κ3) is 3.52. The molecule has 0 aliphatic heterocycles. The van der Waals surface area contributed by atoms with Gasteiger partial charge in [-0.05, 0) is 37.6 Å². The minimum absolute atomic E-state index is 0.111. The number of fused-ring (bicyclic) bond motifs is 1. The van der Waals surface area contributed by atoms with Crippen molar-refractivity contribution in [2.45, 2.75) is 26.4 Å². The maximum absolute atomic E-state index is 12.1. The van der Waals surface area contributed by atoms with Crippen LogP contribution in [0, 0.1) is 6.92 Å². The number of nitrogens with zero attached hydrogens (tertiary/aromatic N) is 2. The fourth-order valence-corrected chi connectivity index (χ4v) is 3.09. The van der Waals surface area contributed by atoms with Gasteiger partial charge >= 0.3 is 0 Å². The van der Waals surface area contributed by atoms with Gasteiger partial charge in [-0.2, -0.15) is 0 Å². The van der Waals surface area contributed by atoms with Crippen LogP contribution in [0.2, 0.25) is 0 Å². The van der Waals surface area contributed by atoms with E-state index < -0.39 is 0 Å². The highest BCUT2D eigenvalue weighted by Gasteiger charge is 2.14. The number of hydrogen-bond acceptors (Lipinski definition) is 5. The lowest BCUT2D eigenvalue weighted by Gasteiger charge is -2.13. The predicted octanol–water partition coefficient (Wildman–Crippen LogP) is 3.74. The van der Waals surface area contributed by atoms with E-state index in [9.17, 15) is 4.79 Å². The Labute approximate surface area is 156 Å². The standard InChI is InChI=1S/C21H20N4O2/c1-13-16-5-3-4-6-18(16)27-19(13)12-23-14(2)17-11-20(26)25-21(24-17)15-7-9-22-10-8-15/h3-11,14,23H,12H2,1-2H3,(H,24,25,26)/t14-/m0/s1. The van der Waals surface area contributed by atoms with Crippen molar-refractivity contribution >= 4 is 11.0 Å². The van der Waals surface area contributed by atoms with Crippen LogP contribution in [-0.4, -0.2) is 15.0 Å². The molecule has 0 aliphatic carbocycles. The number of nitrogens with one attached hydrogen (secondary N) is 2. The van der Waals surface area contributed by atoms with Crippen LogP contribution in [0.5, 0.6) is 0 Å². The number of para-hydroxylation sites is 1. The van der Waals surface area contributed by atoms with Crippen molar-refractivity contribution in [2.75, 3.05) is 0 Å². The number of H-pyrrole nitrogens is 1. The molecule has 6 nitrogen and oxygen atoms in total. The molecule has 0 radical (unpaired) electrons. The summed E-state index contributed by atoms with van der Waals surface area (Å²) in [7, 11) is 0. The Morgan fingerprint density at radius 2 is 1.96 bits per heavy atom. The van der Waals surface area contributed by atoms with E-state index in [0.717, 1.165) is 27.9 Å². The monoisotopic (exact) mass is 360 g/mol. The van der Waals surface area contributed by atoms with E-state index in [1.807, 2.05) is 37.3 Å². The number of aromatic nitrogens is 3. The summed E-state index contributed by atoms with van der Waals surface area (Å²) in [6.45, 7) is 4.59. The SMILES string of the molecule is Cc1c(CN[C@@H](C)c2cc(=O)[nH]c(-c3ccncc3)n2)oc2ccccc12. The first kappa shape index (κ1) is 17.2. The second-order valence-electron chi connectivity index (χ2n) is 6.50. The Kier molecular flexibility index (Phi) is 4.56. The van der Waals surface area contributed by atoms with Crippen molar-refractivity contribution in [3.8, 4) is 11.4 Å². The second-order valence-corrected chi connectivity index (χ2v) is 6.50. The highest BCUT2D eigenvalue weighted by Crippen LogP contribution is 2.25. The normalized spacial score (nSPS) is 12.4. The molecule has 2 N–H and O–H groups in total. The third-order valence-corrected chi connectivity index (χ3v) is 4.67. The first-order valence-corrected chi connectivity index (χ1v) is 8.84. The lowest BCUT2D eigenvalue weighted by molar-refractivity contribution is 0.475. The van der Waals surface area contributed by atoms with Crippen LogP contribution in [0.15, 0.2) is 64.1 Å². The van der Waals surface area contributed by atoms with Gasteiger partial charge in [0.1, 0.15) is 17.2 Å². The summed E-state index contributed by atoms with van der Waals surface area (Å²) in [6.07, 6.45) is 3.35. The van der Waals surface area contributed by atoms with E-state index in [2.05, 4.69) is 33.3 Å². The van der Waals surface area contributed by atoms with E-state index in [0.29, 0.717) is 18.1 Å². The van der Waals surface area contributed by atoms with E-state index in [4.69, 9.17) is 4.42 Å². The topological polar surface area (TPSA) is 83.8 Å². The molecule has 1 atom stereocenters. The summed E-state index contributed by atoms with van der Waals surface area (Å²) >= 11 is 0. The minimum atomic E-state index is -0.180. The first-order valence-electron chi connectivity index (χ1n) is 8.84. The molecule has 0 aliphatic rings. The Morgan fingerprint density at radius 3 is 2.74 bits per heavy atom. The van der Waals surface area contributed by atoms with Gasteiger partial charge in [-0.25, -0.2) is 4.98 Å². The number of pyridine rings is 1. The highest BCUT2D eigenvalue weighted by molar-refractivity contribution is 5.81. The lowest BCUT2D eigenvalue weighted by atomic mass is 10.1.